The number of amides is 1. The third kappa shape index (κ3) is 1.89. The third-order valence-corrected chi connectivity index (χ3v) is 3.65. The minimum atomic E-state index is -0.328. The maximum atomic E-state index is 11.7. The van der Waals surface area contributed by atoms with Crippen molar-refractivity contribution in [2.75, 3.05) is 13.7 Å². The van der Waals surface area contributed by atoms with E-state index in [0.29, 0.717) is 13.2 Å². The number of carbonyl (C=O) groups excluding carboxylic acids is 1. The molecule has 1 unspecified atom stereocenters. The van der Waals surface area contributed by atoms with Gasteiger partial charge in [0.15, 0.2) is 0 Å². The van der Waals surface area contributed by atoms with Gasteiger partial charge in [-0.15, -0.1) is 0 Å². The lowest BCUT2D eigenvalue weighted by molar-refractivity contribution is 0.0143. The summed E-state index contributed by atoms with van der Waals surface area (Å²) in [4.78, 5) is 13.3. The van der Waals surface area contributed by atoms with Gasteiger partial charge in [0, 0.05) is 20.0 Å². The van der Waals surface area contributed by atoms with E-state index >= 15 is 0 Å². The molecule has 1 atom stereocenters. The lowest BCUT2D eigenvalue weighted by Gasteiger charge is -2.43. The van der Waals surface area contributed by atoms with E-state index in [-0.39, 0.29) is 11.6 Å². The molecule has 0 radical (unpaired) electrons. The Kier molecular flexibility index (Phi) is 3.07. The number of ether oxygens (including phenoxy) is 1. The molecule has 1 aromatic carbocycles. The highest BCUT2D eigenvalue weighted by Crippen LogP contribution is 2.36. The van der Waals surface area contributed by atoms with Gasteiger partial charge in [0.1, 0.15) is 0 Å². The molecule has 1 fully saturated rings. The fourth-order valence-electron chi connectivity index (χ4n) is 2.34. The van der Waals surface area contributed by atoms with E-state index in [1.165, 1.54) is 0 Å². The molecule has 92 valence electrons. The van der Waals surface area contributed by atoms with E-state index in [4.69, 9.17) is 10.5 Å². The molecule has 1 heterocycles. The predicted octanol–water partition coefficient (Wildman–Crippen LogP) is 1.83. The third-order valence-electron chi connectivity index (χ3n) is 3.65. The molecular formula is C13H18N2O2. The molecule has 0 aliphatic carbocycles. The van der Waals surface area contributed by atoms with Crippen molar-refractivity contribution in [3.63, 3.8) is 0 Å². The predicted molar refractivity (Wildman–Crippen MR) is 65.4 cm³/mol. The van der Waals surface area contributed by atoms with Gasteiger partial charge in [-0.3, -0.25) is 0 Å². The molecule has 2 rings (SSSR count). The molecule has 0 aromatic heterocycles. The Balaban J connectivity index is 2.46. The van der Waals surface area contributed by atoms with Crippen LogP contribution in [0, 0.1) is 0 Å². The van der Waals surface area contributed by atoms with Crippen LogP contribution in [-0.2, 0) is 16.8 Å². The van der Waals surface area contributed by atoms with Crippen LogP contribution >= 0.6 is 0 Å². The maximum absolute atomic E-state index is 11.7. The second-order valence-corrected chi connectivity index (χ2v) is 4.56. The van der Waals surface area contributed by atoms with Crippen LogP contribution in [0.15, 0.2) is 24.3 Å². The molecule has 1 aliphatic heterocycles. The van der Waals surface area contributed by atoms with Gasteiger partial charge in [0.05, 0.1) is 12.1 Å². The molecule has 0 bridgehead atoms. The van der Waals surface area contributed by atoms with Crippen LogP contribution in [0.2, 0.25) is 0 Å². The second-order valence-electron chi connectivity index (χ2n) is 4.56. The molecule has 4 nitrogen and oxygen atoms in total. The highest BCUT2D eigenvalue weighted by Gasteiger charge is 2.39. The number of benzene rings is 1. The van der Waals surface area contributed by atoms with Gasteiger partial charge in [-0.2, -0.15) is 0 Å². The van der Waals surface area contributed by atoms with E-state index in [1.54, 1.807) is 11.9 Å². The summed E-state index contributed by atoms with van der Waals surface area (Å²) in [5.41, 5.74) is 7.63. The molecule has 17 heavy (non-hydrogen) atoms. The summed E-state index contributed by atoms with van der Waals surface area (Å²) >= 11 is 0. The SMILES string of the molecule is CN1C(=O)OCCC1(C)c1ccccc1CN. The first kappa shape index (κ1) is 11.9. The van der Waals surface area contributed by atoms with Gasteiger partial charge in [0.2, 0.25) is 0 Å². The molecule has 4 heteroatoms. The van der Waals surface area contributed by atoms with Crippen molar-refractivity contribution < 1.29 is 9.53 Å². The Morgan fingerprint density at radius 1 is 1.47 bits per heavy atom. The summed E-state index contributed by atoms with van der Waals surface area (Å²) in [5, 5.41) is 0. The van der Waals surface area contributed by atoms with Crippen LogP contribution in [0.5, 0.6) is 0 Å². The lowest BCUT2D eigenvalue weighted by atomic mass is 9.83. The van der Waals surface area contributed by atoms with Crippen molar-refractivity contribution in [2.45, 2.75) is 25.4 Å². The van der Waals surface area contributed by atoms with Gasteiger partial charge >= 0.3 is 6.09 Å². The van der Waals surface area contributed by atoms with Crippen LogP contribution in [0.1, 0.15) is 24.5 Å². The molecule has 1 saturated heterocycles. The van der Waals surface area contributed by atoms with Gasteiger partial charge < -0.3 is 15.4 Å². The fraction of sp³-hybridized carbons (Fsp3) is 0.462. The van der Waals surface area contributed by atoms with E-state index < -0.39 is 0 Å². The molecule has 0 saturated carbocycles. The Bertz CT molecular complexity index is 433. The van der Waals surface area contributed by atoms with Gasteiger partial charge in [-0.05, 0) is 18.1 Å². The highest BCUT2D eigenvalue weighted by molar-refractivity contribution is 5.69. The first-order valence-electron chi connectivity index (χ1n) is 5.78. The fourth-order valence-corrected chi connectivity index (χ4v) is 2.34. The summed E-state index contributed by atoms with van der Waals surface area (Å²) in [6.07, 6.45) is 0.511. The average molecular weight is 234 g/mol. The lowest BCUT2D eigenvalue weighted by Crippen LogP contribution is -2.50. The smallest absolute Gasteiger partial charge is 0.410 e. The zero-order valence-electron chi connectivity index (χ0n) is 10.3. The van der Waals surface area contributed by atoms with Crippen molar-refractivity contribution in [2.24, 2.45) is 5.73 Å². The first-order chi connectivity index (χ1) is 8.09. The van der Waals surface area contributed by atoms with E-state index in [0.717, 1.165) is 17.5 Å². The Morgan fingerprint density at radius 3 is 2.88 bits per heavy atom. The van der Waals surface area contributed by atoms with Gasteiger partial charge in [-0.25, -0.2) is 4.79 Å². The normalized spacial score (nSPS) is 24.6. The number of cyclic esters (lactones) is 1. The number of hydrogen-bond acceptors (Lipinski definition) is 3. The molecule has 1 amide bonds. The molecule has 0 spiro atoms. The van der Waals surface area contributed by atoms with E-state index in [9.17, 15) is 4.79 Å². The van der Waals surface area contributed by atoms with Crippen molar-refractivity contribution in [1.29, 1.82) is 0 Å². The van der Waals surface area contributed by atoms with Crippen LogP contribution < -0.4 is 5.73 Å². The molecule has 1 aliphatic rings. The standard InChI is InChI=1S/C13H18N2O2/c1-13(7-8-17-12(16)15(13)2)11-6-4-3-5-10(11)9-14/h3-6H,7-9,14H2,1-2H3. The quantitative estimate of drug-likeness (QED) is 0.849. The summed E-state index contributed by atoms with van der Waals surface area (Å²) in [5.74, 6) is 0. The number of nitrogens with zero attached hydrogens (tertiary/aromatic N) is 1. The van der Waals surface area contributed by atoms with Crippen molar-refractivity contribution in [3.05, 3.63) is 35.4 Å². The van der Waals surface area contributed by atoms with Crippen LogP contribution in [-0.4, -0.2) is 24.6 Å². The zero-order valence-corrected chi connectivity index (χ0v) is 10.3. The highest BCUT2D eigenvalue weighted by atomic mass is 16.6. The minimum Gasteiger partial charge on any atom is -0.449 e. The summed E-state index contributed by atoms with van der Waals surface area (Å²) in [6, 6.07) is 8.00. The average Bonchev–Trinajstić information content (AvgIpc) is 2.36. The van der Waals surface area contributed by atoms with Crippen molar-refractivity contribution in [1.82, 2.24) is 4.90 Å². The largest absolute Gasteiger partial charge is 0.449 e. The monoisotopic (exact) mass is 234 g/mol. The van der Waals surface area contributed by atoms with Crippen LogP contribution in [0.25, 0.3) is 0 Å². The Morgan fingerprint density at radius 2 is 2.18 bits per heavy atom. The Labute approximate surface area is 101 Å². The van der Waals surface area contributed by atoms with E-state index in [2.05, 4.69) is 6.92 Å². The Hall–Kier alpha value is -1.55. The summed E-state index contributed by atoms with van der Waals surface area (Å²) in [7, 11) is 1.77. The van der Waals surface area contributed by atoms with Crippen molar-refractivity contribution >= 4 is 6.09 Å². The zero-order chi connectivity index (χ0) is 12.5. The molecule has 2 N–H and O–H groups in total. The topological polar surface area (TPSA) is 55.6 Å². The summed E-state index contributed by atoms with van der Waals surface area (Å²) < 4.78 is 5.04. The second kappa shape index (κ2) is 4.37. The maximum Gasteiger partial charge on any atom is 0.410 e. The molecule has 1 aromatic rings. The number of rotatable bonds is 2. The van der Waals surface area contributed by atoms with Gasteiger partial charge in [-0.1, -0.05) is 24.3 Å². The van der Waals surface area contributed by atoms with Crippen LogP contribution in [0.4, 0.5) is 4.79 Å². The first-order valence-corrected chi connectivity index (χ1v) is 5.78. The molecular weight excluding hydrogens is 216 g/mol. The van der Waals surface area contributed by atoms with Crippen LogP contribution in [0.3, 0.4) is 0 Å². The van der Waals surface area contributed by atoms with E-state index in [1.807, 2.05) is 24.3 Å². The minimum absolute atomic E-state index is 0.273. The number of nitrogens with two attached hydrogens (primary N) is 1. The number of hydrogen-bond donors (Lipinski definition) is 1. The van der Waals surface area contributed by atoms with Gasteiger partial charge in [0.25, 0.3) is 0 Å². The summed E-state index contributed by atoms with van der Waals surface area (Å²) in [6.45, 7) is 3.00. The number of carbonyl (C=O) groups is 1. The van der Waals surface area contributed by atoms with Crippen molar-refractivity contribution in [3.8, 4) is 0 Å².